The number of carbonyl (C=O) groups is 10. The van der Waals surface area contributed by atoms with Gasteiger partial charge in [-0.3, -0.25) is 58.3 Å². The number of rotatable bonds is 38. The molecule has 3 aromatic rings. The molecule has 0 unspecified atom stereocenters. The molecule has 95 heavy (non-hydrogen) atoms. The first-order valence-electron chi connectivity index (χ1n) is 30.2. The van der Waals surface area contributed by atoms with E-state index in [1.807, 2.05) is 12.1 Å². The average molecular weight is 1360 g/mol. The van der Waals surface area contributed by atoms with Crippen molar-refractivity contribution < 1.29 is 99.8 Å². The van der Waals surface area contributed by atoms with Crippen LogP contribution in [0.2, 0.25) is 0 Å². The van der Waals surface area contributed by atoms with Crippen molar-refractivity contribution in [3.05, 3.63) is 83.6 Å². The van der Waals surface area contributed by atoms with Crippen LogP contribution in [0.3, 0.4) is 0 Å². The number of carboxylic acids is 1. The van der Waals surface area contributed by atoms with E-state index >= 15 is 0 Å². The van der Waals surface area contributed by atoms with E-state index in [9.17, 15) is 66.2 Å². The first kappa shape index (κ1) is 78.5. The van der Waals surface area contributed by atoms with Crippen LogP contribution in [0.25, 0.3) is 0 Å². The Morgan fingerprint density at radius 1 is 0.747 bits per heavy atom. The number of ether oxygens (including phenoxy) is 4. The number of nitrogens with one attached hydrogen (secondary N) is 9. The number of aliphatic carboxylic acids is 1. The summed E-state index contributed by atoms with van der Waals surface area (Å²) >= 11 is 0.827. The number of hydrogen-bond donors (Lipinski definition) is 12. The van der Waals surface area contributed by atoms with Crippen LogP contribution in [-0.4, -0.2) is 190 Å². The van der Waals surface area contributed by atoms with E-state index < -0.39 is 103 Å². The van der Waals surface area contributed by atoms with Crippen molar-refractivity contribution in [2.24, 2.45) is 26.9 Å². The van der Waals surface area contributed by atoms with Crippen molar-refractivity contribution in [3.63, 3.8) is 0 Å². The molecule has 2 aromatic carbocycles. The molecule has 0 aliphatic carbocycles. The van der Waals surface area contributed by atoms with Crippen molar-refractivity contribution in [3.8, 4) is 5.75 Å². The largest absolute Gasteiger partial charge is 0.494 e. The number of halogens is 3. The zero-order valence-electron chi connectivity index (χ0n) is 52.3. The number of alkyl halides is 3. The predicted octanol–water partition coefficient (Wildman–Crippen LogP) is 1.74. The van der Waals surface area contributed by atoms with Gasteiger partial charge in [-0.05, 0) is 85.9 Å². The molecule has 0 bridgehead atoms. The Bertz CT molecular complexity index is 3030. The lowest BCUT2D eigenvalue weighted by Gasteiger charge is -2.27. The number of pyridine rings is 1. The molecule has 1 saturated heterocycles. The van der Waals surface area contributed by atoms with Gasteiger partial charge in [-0.25, -0.2) is 10.2 Å². The van der Waals surface area contributed by atoms with Crippen molar-refractivity contribution in [1.82, 2.24) is 52.8 Å². The Balaban J connectivity index is 1.07. The minimum Gasteiger partial charge on any atom is -0.494 e. The Hall–Kier alpha value is -8.94. The van der Waals surface area contributed by atoms with Gasteiger partial charge in [0, 0.05) is 75.8 Å². The highest BCUT2D eigenvalue weighted by Crippen LogP contribution is 2.25. The van der Waals surface area contributed by atoms with Crippen molar-refractivity contribution >= 4 is 83.0 Å². The van der Waals surface area contributed by atoms with Crippen LogP contribution in [-0.2, 0) is 79.7 Å². The number of guanidine groups is 1. The summed E-state index contributed by atoms with van der Waals surface area (Å²) in [5.41, 5.74) is 7.11. The summed E-state index contributed by atoms with van der Waals surface area (Å²) in [6.07, 6.45) is -3.98. The molecule has 0 radical (unpaired) electrons. The van der Waals surface area contributed by atoms with E-state index in [4.69, 9.17) is 29.9 Å². The highest BCUT2D eigenvalue weighted by molar-refractivity contribution is 7.94. The molecule has 4 atom stereocenters. The van der Waals surface area contributed by atoms with Crippen LogP contribution in [0, 0.1) is 5.92 Å². The van der Waals surface area contributed by atoms with Gasteiger partial charge in [0.05, 0.1) is 70.2 Å². The van der Waals surface area contributed by atoms with E-state index in [2.05, 4.69) is 72.1 Å². The fraction of sp³-hybridized carbons (Fsp3) is 0.525. The van der Waals surface area contributed by atoms with Crippen LogP contribution >= 0.6 is 12.0 Å². The summed E-state index contributed by atoms with van der Waals surface area (Å²) in [7, 11) is 0. The number of amides is 9. The maximum Gasteiger partial charge on any atom is 0.471 e. The van der Waals surface area contributed by atoms with Crippen molar-refractivity contribution in [2.45, 2.75) is 120 Å². The fourth-order valence-corrected chi connectivity index (χ4v) is 8.97. The van der Waals surface area contributed by atoms with Gasteiger partial charge < -0.3 is 72.3 Å². The second kappa shape index (κ2) is 43.9. The summed E-state index contributed by atoms with van der Waals surface area (Å²) in [6, 6.07) is 11.6. The number of azo groups is 1. The molecule has 36 heteroatoms. The number of carboxylic acid groups (broad SMARTS) is 1. The molecule has 522 valence electrons. The lowest BCUT2D eigenvalue weighted by molar-refractivity contribution is -0.432. The number of aliphatic imine (C=N–C) groups is 1. The first-order valence-corrected chi connectivity index (χ1v) is 30.9. The molecular formula is C59H81F3N14O18S. The molecule has 1 aliphatic rings. The van der Waals surface area contributed by atoms with Crippen LogP contribution in [0.5, 0.6) is 5.75 Å². The SMILES string of the molecule is CC(C)[C@@H]1NC(=O)C[C@@H](Cc2ccc(OCCCNC(=O)CCC(=O)NCCCOCCOCCOCCCNC(=O)c3ccc(N=NCc4ccccc4SOOO)nc3)cc2)NC(=O)[C@H](CC(=O)O)NC(=O)CNC(=O)[C@H](CCCN=C(N)NC(=O)C(F)(F)F)NC1=O. The van der Waals surface area contributed by atoms with Crippen LogP contribution in [0.4, 0.5) is 19.0 Å². The van der Waals surface area contributed by atoms with Crippen LogP contribution < -0.4 is 58.3 Å². The average Bonchev–Trinajstić information content (AvgIpc) is 1.22. The molecule has 1 aliphatic heterocycles. The molecular weight excluding hydrogens is 1280 g/mol. The van der Waals surface area contributed by atoms with E-state index in [0.29, 0.717) is 99.6 Å². The maximum atomic E-state index is 13.6. The number of carbonyl (C=O) groups excluding carboxylic acids is 9. The quantitative estimate of drug-likeness (QED) is 0.00739. The lowest BCUT2D eigenvalue weighted by Crippen LogP contribution is -2.58. The third-order valence-electron chi connectivity index (χ3n) is 13.3. The highest BCUT2D eigenvalue weighted by atomic mass is 32.2. The van der Waals surface area contributed by atoms with Gasteiger partial charge in [0.1, 0.15) is 23.9 Å². The van der Waals surface area contributed by atoms with Gasteiger partial charge in [0.2, 0.25) is 41.4 Å². The van der Waals surface area contributed by atoms with E-state index in [0.717, 1.165) is 17.6 Å². The summed E-state index contributed by atoms with van der Waals surface area (Å²) in [4.78, 5) is 136. The maximum absolute atomic E-state index is 13.6. The third-order valence-corrected chi connectivity index (χ3v) is 14.0. The zero-order chi connectivity index (χ0) is 69.4. The molecule has 0 saturated carbocycles. The lowest BCUT2D eigenvalue weighted by atomic mass is 9.99. The molecule has 4 rings (SSSR count). The van der Waals surface area contributed by atoms with E-state index in [1.165, 1.54) is 11.5 Å². The second-order valence-electron chi connectivity index (χ2n) is 21.2. The molecule has 2 heterocycles. The predicted molar refractivity (Wildman–Crippen MR) is 331 cm³/mol. The van der Waals surface area contributed by atoms with Gasteiger partial charge in [0.25, 0.3) is 5.91 Å². The topological polar surface area (TPSA) is 451 Å². The van der Waals surface area contributed by atoms with E-state index in [-0.39, 0.29) is 76.1 Å². The number of hydrogen-bond acceptors (Lipinski definition) is 22. The minimum absolute atomic E-state index is 0.00337. The van der Waals surface area contributed by atoms with Crippen LogP contribution in [0.15, 0.2) is 87.0 Å². The standard InChI is InChI=1S/C59H81F3N14O18S/c1-37(2)52-56(86)73-43(10-5-20-67-58(63)75-57(87)59(60,61)62)54(84)69-36-50(80)72-44(33-51(81)82)55(85)71-41(32-49(79)74-52)31-38-12-15-42(16-13-38)92-26-8-22-65-48(78)19-18-47(77)64-21-6-24-89-27-29-91-30-28-90-25-7-23-66-53(83)40-14-17-46(68-34-40)76-70-35-39-9-3-4-11-45(39)95-94-93-88/h3-4,9,11-17,34,37,41,43-44,52,88H,5-8,10,18-33,35-36H2,1-2H3,(H,64,77)(H,65,78)(H,66,83)(H,69,84)(H,71,85)(H,72,80)(H,73,86)(H,74,79)(H,81,82)(H3,63,67,75,87)/t41-,43+,44+,52+/m1/s1. The summed E-state index contributed by atoms with van der Waals surface area (Å²) in [5.74, 6) is -9.83. The van der Waals surface area contributed by atoms with E-state index in [1.54, 1.807) is 62.4 Å². The Morgan fingerprint density at radius 3 is 2.01 bits per heavy atom. The third kappa shape index (κ3) is 33.1. The number of nitrogens with two attached hydrogens (primary N) is 1. The van der Waals surface area contributed by atoms with Crippen molar-refractivity contribution in [1.29, 1.82) is 0 Å². The fourth-order valence-electron chi connectivity index (χ4n) is 8.49. The number of nitrogens with zero attached hydrogens (tertiary/aromatic N) is 4. The Morgan fingerprint density at radius 2 is 1.39 bits per heavy atom. The van der Waals surface area contributed by atoms with Gasteiger partial charge in [-0.15, -0.1) is 9.45 Å². The van der Waals surface area contributed by atoms with Crippen molar-refractivity contribution in [2.75, 3.05) is 79.0 Å². The highest BCUT2D eigenvalue weighted by Gasteiger charge is 2.39. The molecule has 1 fully saturated rings. The second-order valence-corrected chi connectivity index (χ2v) is 22.0. The molecule has 0 spiro atoms. The van der Waals surface area contributed by atoms with Gasteiger partial charge in [-0.2, -0.15) is 18.3 Å². The molecule has 13 N–H and O–H groups in total. The Labute approximate surface area is 548 Å². The first-order chi connectivity index (χ1) is 45.5. The van der Waals surface area contributed by atoms with Gasteiger partial charge in [0.15, 0.2) is 11.8 Å². The molecule has 32 nitrogen and oxygen atoms in total. The minimum atomic E-state index is -5.23. The summed E-state index contributed by atoms with van der Waals surface area (Å²) < 4.78 is 64.8. The number of benzene rings is 2. The summed E-state index contributed by atoms with van der Waals surface area (Å²) in [6.45, 7) is 5.75. The normalized spacial score (nSPS) is 16.8. The summed E-state index contributed by atoms with van der Waals surface area (Å²) in [5, 5.41) is 51.9. The molecule has 1 aromatic heterocycles. The zero-order valence-corrected chi connectivity index (χ0v) is 53.2. The monoisotopic (exact) mass is 1360 g/mol. The molecule has 9 amide bonds. The van der Waals surface area contributed by atoms with Gasteiger partial charge in [-0.1, -0.05) is 49.2 Å². The van der Waals surface area contributed by atoms with Gasteiger partial charge >= 0.3 is 18.1 Å². The van der Waals surface area contributed by atoms with Crippen LogP contribution in [0.1, 0.15) is 93.1 Å². The Kier molecular flexibility index (Phi) is 36.2. The number of aromatic nitrogens is 1. The smallest absolute Gasteiger partial charge is 0.471 e.